The fraction of sp³-hybridized carbons (Fsp3) is 0.435. The van der Waals surface area contributed by atoms with E-state index in [1.54, 1.807) is 6.20 Å². The zero-order valence-electron chi connectivity index (χ0n) is 18.9. The number of nitrogens with two attached hydrogens (primary N) is 1. The van der Waals surface area contributed by atoms with Gasteiger partial charge in [0.2, 0.25) is 11.8 Å². The van der Waals surface area contributed by atoms with Crippen molar-refractivity contribution in [1.82, 2.24) is 30.4 Å². The van der Waals surface area contributed by atoms with E-state index >= 15 is 0 Å². The van der Waals surface area contributed by atoms with E-state index in [2.05, 4.69) is 25.4 Å². The van der Waals surface area contributed by atoms with Crippen molar-refractivity contribution in [3.05, 3.63) is 36.0 Å². The lowest BCUT2D eigenvalue weighted by atomic mass is 10.1. The van der Waals surface area contributed by atoms with Gasteiger partial charge in [-0.05, 0) is 37.6 Å². The number of hydrogen-bond acceptors (Lipinski definition) is 9. The Morgan fingerprint density at radius 2 is 1.94 bits per heavy atom. The zero-order valence-corrected chi connectivity index (χ0v) is 18.9. The maximum Gasteiger partial charge on any atom is 0.270 e. The molecule has 0 atom stereocenters. The fourth-order valence-corrected chi connectivity index (χ4v) is 4.43. The Morgan fingerprint density at radius 1 is 1.18 bits per heavy atom. The van der Waals surface area contributed by atoms with Gasteiger partial charge >= 0.3 is 0 Å². The summed E-state index contributed by atoms with van der Waals surface area (Å²) in [6.45, 7) is 4.82. The van der Waals surface area contributed by atoms with Crippen molar-refractivity contribution in [2.45, 2.75) is 38.3 Å². The maximum atomic E-state index is 12.4. The molecule has 2 aliphatic rings. The second-order valence-corrected chi connectivity index (χ2v) is 8.65. The minimum absolute atomic E-state index is 0.0777. The van der Waals surface area contributed by atoms with E-state index in [4.69, 9.17) is 15.1 Å². The minimum atomic E-state index is -0.0777. The monoisotopic (exact) mass is 448 g/mol. The first kappa shape index (κ1) is 21.3. The van der Waals surface area contributed by atoms with Gasteiger partial charge in [-0.15, -0.1) is 10.2 Å². The third-order valence-corrected chi connectivity index (χ3v) is 6.40. The molecule has 0 radical (unpaired) electrons. The topological polar surface area (TPSA) is 126 Å². The number of nitrogens with zero attached hydrogens (tertiary/aromatic N) is 6. The van der Waals surface area contributed by atoms with Gasteiger partial charge in [0.15, 0.2) is 11.5 Å². The van der Waals surface area contributed by atoms with Crippen LogP contribution in [0.2, 0.25) is 0 Å². The lowest BCUT2D eigenvalue weighted by molar-refractivity contribution is -0.134. The highest BCUT2D eigenvalue weighted by molar-refractivity contribution is 5.78. The number of nitrogens with one attached hydrogen (secondary N) is 1. The first-order chi connectivity index (χ1) is 16.0. The predicted octanol–water partition coefficient (Wildman–Crippen LogP) is 2.09. The number of nitrogen functional groups attached to an aromatic ring is 1. The average molecular weight is 449 g/mol. The lowest BCUT2D eigenvalue weighted by Crippen LogP contribution is -2.57. The number of amides is 1. The molecule has 2 fully saturated rings. The second-order valence-electron chi connectivity index (χ2n) is 8.65. The van der Waals surface area contributed by atoms with E-state index in [-0.39, 0.29) is 23.2 Å². The van der Waals surface area contributed by atoms with Crippen LogP contribution in [0.15, 0.2) is 34.9 Å². The van der Waals surface area contributed by atoms with Gasteiger partial charge in [-0.3, -0.25) is 4.79 Å². The molecule has 1 spiro atoms. The van der Waals surface area contributed by atoms with E-state index in [0.29, 0.717) is 36.9 Å². The van der Waals surface area contributed by atoms with Crippen LogP contribution < -0.4 is 16.0 Å². The van der Waals surface area contributed by atoms with E-state index in [0.717, 1.165) is 37.1 Å². The highest BCUT2D eigenvalue weighted by Gasteiger charge is 2.53. The van der Waals surface area contributed by atoms with Gasteiger partial charge in [-0.1, -0.05) is 19.1 Å². The summed E-state index contributed by atoms with van der Waals surface area (Å²) in [6, 6.07) is 7.92. The molecule has 3 aromatic rings. The third-order valence-electron chi connectivity index (χ3n) is 6.40. The Labute approximate surface area is 192 Å². The summed E-state index contributed by atoms with van der Waals surface area (Å²) in [6.07, 6.45) is 4.24. The summed E-state index contributed by atoms with van der Waals surface area (Å²) < 4.78 is 5.90. The Balaban J connectivity index is 1.37. The molecule has 1 saturated carbocycles. The first-order valence-electron chi connectivity index (χ1n) is 11.3. The molecule has 5 rings (SSSR count). The van der Waals surface area contributed by atoms with Crippen LogP contribution in [0.3, 0.4) is 0 Å². The standard InChI is InChI=1S/C23H28N8O2/c1-3-18(32)31-11-10-30(14-23(31)8-9-23)17-13-26-20(24)19(27-17)22-29-28-21(33-22)16-6-4-15(5-7-16)12-25-2/h4-7,13,25H,3,8-12,14H2,1-2H3,(H2,24,26). The molecule has 172 valence electrons. The van der Waals surface area contributed by atoms with Crippen LogP contribution in [0, 0.1) is 0 Å². The Kier molecular flexibility index (Phi) is 5.45. The summed E-state index contributed by atoms with van der Waals surface area (Å²) in [5.74, 6) is 1.78. The highest BCUT2D eigenvalue weighted by atomic mass is 16.4. The quantitative estimate of drug-likeness (QED) is 0.583. The molecular weight excluding hydrogens is 420 g/mol. The van der Waals surface area contributed by atoms with E-state index < -0.39 is 0 Å². The van der Waals surface area contributed by atoms with Crippen molar-refractivity contribution in [2.75, 3.05) is 37.3 Å². The molecule has 10 heteroatoms. The molecule has 33 heavy (non-hydrogen) atoms. The van der Waals surface area contributed by atoms with Crippen molar-refractivity contribution in [2.24, 2.45) is 0 Å². The van der Waals surface area contributed by atoms with Crippen LogP contribution in [-0.2, 0) is 11.3 Å². The molecule has 1 aliphatic heterocycles. The average Bonchev–Trinajstić information content (AvgIpc) is 3.41. The molecule has 1 aromatic carbocycles. The van der Waals surface area contributed by atoms with E-state index in [1.165, 1.54) is 0 Å². The fourth-order valence-electron chi connectivity index (χ4n) is 4.43. The molecule has 3 N–H and O–H groups in total. The van der Waals surface area contributed by atoms with Crippen molar-refractivity contribution in [3.8, 4) is 23.0 Å². The predicted molar refractivity (Wildman–Crippen MR) is 124 cm³/mol. The number of carbonyl (C=O) groups excluding carboxylic acids is 1. The van der Waals surface area contributed by atoms with Crippen LogP contribution >= 0.6 is 0 Å². The highest BCUT2D eigenvalue weighted by Crippen LogP contribution is 2.45. The molecule has 10 nitrogen and oxygen atoms in total. The molecule has 2 aromatic heterocycles. The number of hydrogen-bond donors (Lipinski definition) is 2. The zero-order chi connectivity index (χ0) is 23.0. The van der Waals surface area contributed by atoms with Crippen molar-refractivity contribution in [1.29, 1.82) is 0 Å². The number of rotatable bonds is 6. The molecule has 1 aliphatic carbocycles. The van der Waals surface area contributed by atoms with Gasteiger partial charge in [-0.2, -0.15) is 0 Å². The van der Waals surface area contributed by atoms with Crippen molar-refractivity contribution >= 4 is 17.5 Å². The number of benzene rings is 1. The van der Waals surface area contributed by atoms with Crippen LogP contribution in [0.4, 0.5) is 11.6 Å². The van der Waals surface area contributed by atoms with Crippen LogP contribution in [0.1, 0.15) is 31.7 Å². The normalized spacial score (nSPS) is 16.9. The van der Waals surface area contributed by atoms with Crippen LogP contribution in [-0.4, -0.2) is 63.2 Å². The maximum absolute atomic E-state index is 12.4. The summed E-state index contributed by atoms with van der Waals surface area (Å²) >= 11 is 0. The van der Waals surface area contributed by atoms with Gasteiger partial charge in [0, 0.05) is 38.2 Å². The van der Waals surface area contributed by atoms with Gasteiger partial charge in [0.1, 0.15) is 5.82 Å². The summed E-state index contributed by atoms with van der Waals surface area (Å²) in [7, 11) is 1.91. The number of aromatic nitrogens is 4. The molecule has 1 saturated heterocycles. The Bertz CT molecular complexity index is 1160. The Hall–Kier alpha value is -3.53. The van der Waals surface area contributed by atoms with Gasteiger partial charge in [0.25, 0.3) is 5.89 Å². The number of piperazine rings is 1. The largest absolute Gasteiger partial charge is 0.414 e. The molecule has 1 amide bonds. The van der Waals surface area contributed by atoms with Gasteiger partial charge in [-0.25, -0.2) is 9.97 Å². The van der Waals surface area contributed by atoms with E-state index in [1.807, 2.05) is 43.1 Å². The molecular formula is C23H28N8O2. The van der Waals surface area contributed by atoms with Crippen molar-refractivity contribution in [3.63, 3.8) is 0 Å². The lowest BCUT2D eigenvalue weighted by Gasteiger charge is -2.42. The second kappa shape index (κ2) is 8.43. The summed E-state index contributed by atoms with van der Waals surface area (Å²) in [5.41, 5.74) is 8.40. The van der Waals surface area contributed by atoms with Gasteiger partial charge in [0.05, 0.1) is 11.7 Å². The number of carbonyl (C=O) groups is 1. The SMILES string of the molecule is CCC(=O)N1CCN(c2cnc(N)c(-c3nnc(-c4ccc(CNC)cc4)o3)n2)CC12CC2. The van der Waals surface area contributed by atoms with Gasteiger partial charge < -0.3 is 25.3 Å². The minimum Gasteiger partial charge on any atom is -0.414 e. The summed E-state index contributed by atoms with van der Waals surface area (Å²) in [4.78, 5) is 25.6. The molecule has 0 bridgehead atoms. The van der Waals surface area contributed by atoms with Crippen molar-refractivity contribution < 1.29 is 9.21 Å². The van der Waals surface area contributed by atoms with Crippen LogP contribution in [0.25, 0.3) is 23.0 Å². The smallest absolute Gasteiger partial charge is 0.270 e. The Morgan fingerprint density at radius 3 is 2.64 bits per heavy atom. The van der Waals surface area contributed by atoms with E-state index in [9.17, 15) is 4.79 Å². The first-order valence-corrected chi connectivity index (χ1v) is 11.3. The summed E-state index contributed by atoms with van der Waals surface area (Å²) in [5, 5.41) is 11.5. The third kappa shape index (κ3) is 4.02. The van der Waals surface area contributed by atoms with Crippen LogP contribution in [0.5, 0.6) is 0 Å². The number of anilines is 2. The molecule has 0 unspecified atom stereocenters. The molecule has 3 heterocycles.